The maximum Gasteiger partial charge on any atom is 0.335 e. The average Bonchev–Trinajstić information content (AvgIpc) is 3.27. The number of anilines is 1. The smallest absolute Gasteiger partial charge is 0.335 e. The molecule has 1 aromatic heterocycles. The minimum Gasteiger partial charge on any atom is -0.493 e. The third kappa shape index (κ3) is 4.95. The van der Waals surface area contributed by atoms with Gasteiger partial charge in [0.2, 0.25) is 0 Å². The van der Waals surface area contributed by atoms with Crippen LogP contribution in [-0.4, -0.2) is 29.0 Å². The number of imide groups is 2. The summed E-state index contributed by atoms with van der Waals surface area (Å²) in [4.78, 5) is 39.7. The molecular formula is C31H29N3O4. The quantitative estimate of drug-likeness (QED) is 0.190. The van der Waals surface area contributed by atoms with E-state index in [1.54, 1.807) is 18.2 Å². The van der Waals surface area contributed by atoms with Crippen molar-refractivity contribution in [3.8, 4) is 5.75 Å². The third-order valence-electron chi connectivity index (χ3n) is 6.72. The number of aryl methyl sites for hydroxylation is 3. The first kappa shape index (κ1) is 25.0. The third-order valence-corrected chi connectivity index (χ3v) is 6.72. The van der Waals surface area contributed by atoms with Gasteiger partial charge in [-0.3, -0.25) is 14.9 Å². The van der Waals surface area contributed by atoms with E-state index in [0.29, 0.717) is 18.8 Å². The van der Waals surface area contributed by atoms with Crippen molar-refractivity contribution >= 4 is 40.5 Å². The number of nitrogens with zero attached hydrogens (tertiary/aromatic N) is 2. The van der Waals surface area contributed by atoms with E-state index < -0.39 is 17.8 Å². The monoisotopic (exact) mass is 507 g/mol. The molecule has 38 heavy (non-hydrogen) atoms. The molecule has 0 bridgehead atoms. The number of ether oxygens (including phenoxy) is 1. The molecule has 0 aliphatic carbocycles. The second kappa shape index (κ2) is 10.8. The predicted molar refractivity (Wildman–Crippen MR) is 148 cm³/mol. The SMILES string of the molecule is CCc1ccc(N2C(=O)NC(=O)C(=Cc3cn(CCCOc4ccccc4C)c4ccccc34)C2=O)cc1. The number of nitrogens with one attached hydrogen (secondary N) is 1. The van der Waals surface area contributed by atoms with Crippen LogP contribution in [0.4, 0.5) is 10.5 Å². The van der Waals surface area contributed by atoms with Crippen LogP contribution in [0.15, 0.2) is 84.6 Å². The Morgan fingerprint density at radius 1 is 0.921 bits per heavy atom. The summed E-state index contributed by atoms with van der Waals surface area (Å²) in [6, 6.07) is 22.2. The molecule has 0 saturated carbocycles. The van der Waals surface area contributed by atoms with Gasteiger partial charge in [-0.2, -0.15) is 0 Å². The highest BCUT2D eigenvalue weighted by molar-refractivity contribution is 6.39. The predicted octanol–water partition coefficient (Wildman–Crippen LogP) is 5.65. The Balaban J connectivity index is 1.40. The zero-order valence-corrected chi connectivity index (χ0v) is 21.4. The summed E-state index contributed by atoms with van der Waals surface area (Å²) in [5.74, 6) is -0.475. The van der Waals surface area contributed by atoms with Crippen molar-refractivity contribution in [1.82, 2.24) is 9.88 Å². The van der Waals surface area contributed by atoms with Gasteiger partial charge in [0.1, 0.15) is 11.3 Å². The molecule has 7 nitrogen and oxygen atoms in total. The Hall–Kier alpha value is -4.65. The molecule has 0 atom stereocenters. The molecule has 1 saturated heterocycles. The van der Waals surface area contributed by atoms with Gasteiger partial charge in [-0.25, -0.2) is 9.69 Å². The molecule has 5 rings (SSSR count). The van der Waals surface area contributed by atoms with Crippen LogP contribution in [0.25, 0.3) is 17.0 Å². The van der Waals surface area contributed by atoms with Crippen LogP contribution >= 0.6 is 0 Å². The lowest BCUT2D eigenvalue weighted by atomic mass is 10.1. The first-order valence-corrected chi connectivity index (χ1v) is 12.7. The van der Waals surface area contributed by atoms with Gasteiger partial charge >= 0.3 is 6.03 Å². The number of carbonyl (C=O) groups excluding carboxylic acids is 3. The molecule has 192 valence electrons. The number of rotatable bonds is 8. The second-order valence-electron chi connectivity index (χ2n) is 9.24. The van der Waals surface area contributed by atoms with E-state index in [2.05, 4.69) is 9.88 Å². The molecule has 1 aliphatic rings. The molecule has 1 N–H and O–H groups in total. The largest absolute Gasteiger partial charge is 0.493 e. The highest BCUT2D eigenvalue weighted by Crippen LogP contribution is 2.27. The first-order chi connectivity index (χ1) is 18.5. The Bertz CT molecular complexity index is 1550. The van der Waals surface area contributed by atoms with Crippen molar-refractivity contribution in [2.24, 2.45) is 0 Å². The molecule has 3 aromatic carbocycles. The van der Waals surface area contributed by atoms with Crippen molar-refractivity contribution < 1.29 is 19.1 Å². The Morgan fingerprint density at radius 2 is 1.66 bits per heavy atom. The van der Waals surface area contributed by atoms with Crippen molar-refractivity contribution in [2.45, 2.75) is 33.2 Å². The molecule has 1 aliphatic heterocycles. The number of fused-ring (bicyclic) bond motifs is 1. The van der Waals surface area contributed by atoms with Gasteiger partial charge in [0, 0.05) is 29.2 Å². The number of para-hydroxylation sites is 2. The van der Waals surface area contributed by atoms with E-state index >= 15 is 0 Å². The van der Waals surface area contributed by atoms with Crippen molar-refractivity contribution in [1.29, 1.82) is 0 Å². The van der Waals surface area contributed by atoms with Gasteiger partial charge in [0.15, 0.2) is 0 Å². The lowest BCUT2D eigenvalue weighted by molar-refractivity contribution is -0.122. The highest BCUT2D eigenvalue weighted by atomic mass is 16.5. The number of amides is 4. The lowest BCUT2D eigenvalue weighted by Crippen LogP contribution is -2.54. The molecule has 4 aromatic rings. The minimum atomic E-state index is -0.752. The van der Waals surface area contributed by atoms with Gasteiger partial charge in [-0.15, -0.1) is 0 Å². The number of aromatic nitrogens is 1. The minimum absolute atomic E-state index is 0.0880. The molecule has 7 heteroatoms. The van der Waals surface area contributed by atoms with Gasteiger partial charge in [-0.05, 0) is 61.2 Å². The van der Waals surface area contributed by atoms with Crippen LogP contribution in [0.5, 0.6) is 5.75 Å². The summed E-state index contributed by atoms with van der Waals surface area (Å²) < 4.78 is 8.04. The molecule has 2 heterocycles. The van der Waals surface area contributed by atoms with E-state index in [1.165, 1.54) is 0 Å². The fourth-order valence-corrected chi connectivity index (χ4v) is 4.64. The van der Waals surface area contributed by atoms with Crippen LogP contribution < -0.4 is 15.0 Å². The number of carbonyl (C=O) groups is 3. The lowest BCUT2D eigenvalue weighted by Gasteiger charge is -2.26. The van der Waals surface area contributed by atoms with Crippen LogP contribution in [0, 0.1) is 6.92 Å². The average molecular weight is 508 g/mol. The Morgan fingerprint density at radius 3 is 2.42 bits per heavy atom. The zero-order chi connectivity index (χ0) is 26.6. The fraction of sp³-hybridized carbons (Fsp3) is 0.194. The van der Waals surface area contributed by atoms with E-state index in [4.69, 9.17) is 4.74 Å². The second-order valence-corrected chi connectivity index (χ2v) is 9.24. The molecule has 0 spiro atoms. The summed E-state index contributed by atoms with van der Waals surface area (Å²) in [5, 5.41) is 3.22. The molecule has 1 fully saturated rings. The van der Waals surface area contributed by atoms with Gasteiger partial charge < -0.3 is 9.30 Å². The highest BCUT2D eigenvalue weighted by Gasteiger charge is 2.37. The van der Waals surface area contributed by atoms with Crippen LogP contribution in [0.2, 0.25) is 0 Å². The van der Waals surface area contributed by atoms with Crippen LogP contribution in [0.1, 0.15) is 30.0 Å². The Kier molecular flexibility index (Phi) is 7.09. The molecule has 0 radical (unpaired) electrons. The molecular weight excluding hydrogens is 478 g/mol. The summed E-state index contributed by atoms with van der Waals surface area (Å²) in [7, 11) is 0. The maximum absolute atomic E-state index is 13.4. The van der Waals surface area contributed by atoms with E-state index in [9.17, 15) is 14.4 Å². The number of barbiturate groups is 1. The van der Waals surface area contributed by atoms with Gasteiger partial charge in [0.25, 0.3) is 11.8 Å². The van der Waals surface area contributed by atoms with Crippen molar-refractivity contribution in [3.05, 3.63) is 101 Å². The Labute approximate surface area is 221 Å². The number of benzene rings is 3. The molecule has 0 unspecified atom stereocenters. The topological polar surface area (TPSA) is 80.6 Å². The fourth-order valence-electron chi connectivity index (χ4n) is 4.64. The first-order valence-electron chi connectivity index (χ1n) is 12.7. The van der Waals surface area contributed by atoms with E-state index in [-0.39, 0.29) is 5.57 Å². The van der Waals surface area contributed by atoms with Crippen molar-refractivity contribution in [2.75, 3.05) is 11.5 Å². The van der Waals surface area contributed by atoms with Gasteiger partial charge in [0.05, 0.1) is 12.3 Å². The standard InChI is InChI=1S/C31H29N3O4/c1-3-22-13-15-24(16-14-22)34-30(36)26(29(35)32-31(34)37)19-23-20-33(27-11-6-5-10-25(23)27)17-8-18-38-28-12-7-4-9-21(28)2/h4-7,9-16,19-20H,3,8,17-18H2,1-2H3,(H,32,35,37). The summed E-state index contributed by atoms with van der Waals surface area (Å²) in [5.41, 5.74) is 4.23. The zero-order valence-electron chi connectivity index (χ0n) is 21.4. The van der Waals surface area contributed by atoms with Gasteiger partial charge in [-0.1, -0.05) is 55.5 Å². The van der Waals surface area contributed by atoms with Crippen LogP contribution in [-0.2, 0) is 22.6 Å². The number of hydrogen-bond donors (Lipinski definition) is 1. The number of urea groups is 1. The van der Waals surface area contributed by atoms with Crippen molar-refractivity contribution in [3.63, 3.8) is 0 Å². The maximum atomic E-state index is 13.4. The van der Waals surface area contributed by atoms with E-state index in [0.717, 1.165) is 51.1 Å². The van der Waals surface area contributed by atoms with E-state index in [1.807, 2.05) is 80.7 Å². The number of hydrogen-bond acceptors (Lipinski definition) is 4. The normalized spacial score (nSPS) is 14.8. The van der Waals surface area contributed by atoms with Crippen LogP contribution in [0.3, 0.4) is 0 Å². The molecule has 4 amide bonds. The summed E-state index contributed by atoms with van der Waals surface area (Å²) >= 11 is 0. The summed E-state index contributed by atoms with van der Waals surface area (Å²) in [6.07, 6.45) is 5.12. The summed E-state index contributed by atoms with van der Waals surface area (Å²) in [6.45, 7) is 5.31.